The molecule has 0 saturated heterocycles. The molecule has 15 heteroatoms. The van der Waals surface area contributed by atoms with Crippen LogP contribution in [-0.2, 0) is 26.0 Å². The number of fused-ring (bicyclic) bond motifs is 1. The molecule has 6 aromatic rings. The van der Waals surface area contributed by atoms with Crippen molar-refractivity contribution in [1.29, 1.82) is 0 Å². The molecule has 0 aliphatic heterocycles. The van der Waals surface area contributed by atoms with Gasteiger partial charge in [0.1, 0.15) is 34.6 Å². The standard InChI is InChI=1S/C47H51N7O8/c1-8-31-25-32(27-33(26-31)45(55)49-19-20-60-23-24-61-22-21-57-5)28-42-48-18-17-44(51-42)62-39-16-14-37(35-11-9-10-12-36(35)39)50-46(56)52-43-30-41(47(2,3)4)53-54(43)38-15-13-34(58-6)29-40(38)59-7/h1,9-18,25-27,29-30H,19-24,28H2,2-7H3,(H,49,55)(H2,50,52,56). The Kier molecular flexibility index (Phi) is 15.1. The average molecular weight is 842 g/mol. The lowest BCUT2D eigenvalue weighted by molar-refractivity contribution is 0.0255. The fraction of sp³-hybridized carbons (Fsp3) is 0.298. The number of urea groups is 1. The molecule has 0 aliphatic carbocycles. The normalized spacial score (nSPS) is 11.2. The van der Waals surface area contributed by atoms with Crippen LogP contribution in [-0.4, -0.2) is 92.6 Å². The number of hydrogen-bond acceptors (Lipinski definition) is 11. The Balaban J connectivity index is 1.14. The highest BCUT2D eigenvalue weighted by atomic mass is 16.5. The Morgan fingerprint density at radius 1 is 0.806 bits per heavy atom. The molecule has 4 aromatic carbocycles. The van der Waals surface area contributed by atoms with E-state index < -0.39 is 6.03 Å². The van der Waals surface area contributed by atoms with Gasteiger partial charge in [-0.3, -0.25) is 10.1 Å². The summed E-state index contributed by atoms with van der Waals surface area (Å²) in [6.45, 7) is 8.68. The van der Waals surface area contributed by atoms with Crippen molar-refractivity contribution in [2.75, 3.05) is 71.5 Å². The summed E-state index contributed by atoms with van der Waals surface area (Å²) < 4.78 is 34.9. The number of terminal acetylenes is 1. The third kappa shape index (κ3) is 11.6. The van der Waals surface area contributed by atoms with Crippen LogP contribution in [0.1, 0.15) is 53.8 Å². The molecule has 3 amide bonds. The maximum Gasteiger partial charge on any atom is 0.324 e. The van der Waals surface area contributed by atoms with Crippen molar-refractivity contribution in [3.05, 3.63) is 119 Å². The number of hydrogen-bond donors (Lipinski definition) is 3. The Morgan fingerprint density at radius 3 is 2.32 bits per heavy atom. The van der Waals surface area contributed by atoms with E-state index in [2.05, 4.69) is 31.8 Å². The predicted octanol–water partition coefficient (Wildman–Crippen LogP) is 7.55. The molecule has 0 spiro atoms. The number of carbonyl (C=O) groups is 2. The SMILES string of the molecule is C#Cc1cc(Cc2nccc(Oc3ccc(NC(=O)Nc4cc(C(C)(C)C)nn4-c4ccc(OC)cc4OC)c4ccccc34)n2)cc(C(=O)NCCOCCOCCOC)c1. The molecule has 0 saturated carbocycles. The molecule has 0 fully saturated rings. The maximum absolute atomic E-state index is 13.7. The quantitative estimate of drug-likeness (QED) is 0.0544. The number of benzene rings is 4. The number of aromatic nitrogens is 4. The summed E-state index contributed by atoms with van der Waals surface area (Å²) in [6.07, 6.45) is 7.66. The van der Waals surface area contributed by atoms with Crippen LogP contribution in [0.15, 0.2) is 91.1 Å². The van der Waals surface area contributed by atoms with Crippen molar-refractivity contribution >= 4 is 34.2 Å². The summed E-state index contributed by atoms with van der Waals surface area (Å²) >= 11 is 0. The lowest BCUT2D eigenvalue weighted by Gasteiger charge is -2.15. The van der Waals surface area contributed by atoms with Crippen molar-refractivity contribution < 1.29 is 38.0 Å². The van der Waals surface area contributed by atoms with Gasteiger partial charge in [-0.25, -0.2) is 14.5 Å². The Bertz CT molecular complexity index is 2540. The van der Waals surface area contributed by atoms with Crippen LogP contribution in [0.4, 0.5) is 16.3 Å². The molecule has 15 nitrogen and oxygen atoms in total. The molecule has 0 bridgehead atoms. The molecule has 322 valence electrons. The first-order valence-electron chi connectivity index (χ1n) is 19.9. The minimum atomic E-state index is -0.475. The number of amides is 3. The van der Waals surface area contributed by atoms with Crippen molar-refractivity contribution in [1.82, 2.24) is 25.1 Å². The van der Waals surface area contributed by atoms with Crippen LogP contribution in [0.5, 0.6) is 23.1 Å². The number of anilines is 2. The van der Waals surface area contributed by atoms with Gasteiger partial charge >= 0.3 is 6.03 Å². The lowest BCUT2D eigenvalue weighted by atomic mass is 9.92. The first-order chi connectivity index (χ1) is 30.0. The van der Waals surface area contributed by atoms with Crippen molar-refractivity contribution in [3.63, 3.8) is 0 Å². The van der Waals surface area contributed by atoms with Gasteiger partial charge < -0.3 is 39.1 Å². The van der Waals surface area contributed by atoms with Gasteiger partial charge in [-0.2, -0.15) is 10.1 Å². The molecule has 0 aliphatic rings. The van der Waals surface area contributed by atoms with Gasteiger partial charge in [-0.15, -0.1) is 6.42 Å². The van der Waals surface area contributed by atoms with Crippen molar-refractivity contribution in [3.8, 4) is 41.2 Å². The first-order valence-corrected chi connectivity index (χ1v) is 19.9. The van der Waals surface area contributed by atoms with Gasteiger partial charge in [0.05, 0.1) is 58.6 Å². The van der Waals surface area contributed by atoms with E-state index in [0.717, 1.165) is 22.0 Å². The number of ether oxygens (including phenoxy) is 6. The zero-order valence-electron chi connectivity index (χ0n) is 35.7. The second-order valence-corrected chi connectivity index (χ2v) is 15.0. The van der Waals surface area contributed by atoms with Crippen LogP contribution < -0.4 is 30.2 Å². The summed E-state index contributed by atoms with van der Waals surface area (Å²) in [5, 5.41) is 15.2. The largest absolute Gasteiger partial charge is 0.497 e. The summed E-state index contributed by atoms with van der Waals surface area (Å²) in [7, 11) is 4.77. The monoisotopic (exact) mass is 841 g/mol. The molecule has 62 heavy (non-hydrogen) atoms. The minimum absolute atomic E-state index is 0.279. The van der Waals surface area contributed by atoms with Gasteiger partial charge in [0, 0.05) is 71.8 Å². The fourth-order valence-corrected chi connectivity index (χ4v) is 6.35. The van der Waals surface area contributed by atoms with E-state index >= 15 is 0 Å². The maximum atomic E-state index is 13.7. The third-order valence-electron chi connectivity index (χ3n) is 9.48. The van der Waals surface area contributed by atoms with E-state index in [4.69, 9.17) is 39.9 Å². The molecule has 0 unspecified atom stereocenters. The molecule has 2 heterocycles. The highest BCUT2D eigenvalue weighted by Crippen LogP contribution is 2.35. The van der Waals surface area contributed by atoms with Crippen LogP contribution in [0.2, 0.25) is 0 Å². The van der Waals surface area contributed by atoms with Gasteiger partial charge in [0.25, 0.3) is 5.91 Å². The van der Waals surface area contributed by atoms with Gasteiger partial charge in [0.2, 0.25) is 5.88 Å². The zero-order chi connectivity index (χ0) is 44.1. The molecule has 0 radical (unpaired) electrons. The summed E-state index contributed by atoms with van der Waals surface area (Å²) in [4.78, 5) is 35.9. The zero-order valence-corrected chi connectivity index (χ0v) is 35.7. The van der Waals surface area contributed by atoms with Crippen molar-refractivity contribution in [2.24, 2.45) is 0 Å². The number of methoxy groups -OCH3 is 3. The Morgan fingerprint density at radius 2 is 1.58 bits per heavy atom. The molecular formula is C47H51N7O8. The Labute approximate surface area is 361 Å². The van der Waals surface area contributed by atoms with E-state index in [9.17, 15) is 9.59 Å². The number of nitrogens with one attached hydrogen (secondary N) is 3. The molecule has 2 aromatic heterocycles. The second kappa shape index (κ2) is 21.0. The lowest BCUT2D eigenvalue weighted by Crippen LogP contribution is -2.28. The topological polar surface area (TPSA) is 169 Å². The van der Waals surface area contributed by atoms with E-state index in [1.807, 2.05) is 63.2 Å². The number of nitrogens with zero attached hydrogens (tertiary/aromatic N) is 4. The molecule has 3 N–H and O–H groups in total. The summed E-state index contributed by atoms with van der Waals surface area (Å²) in [5.74, 6) is 5.24. The van der Waals surface area contributed by atoms with E-state index in [1.165, 1.54) is 0 Å². The number of rotatable bonds is 19. The van der Waals surface area contributed by atoms with Gasteiger partial charge in [-0.05, 0) is 48.0 Å². The van der Waals surface area contributed by atoms with Gasteiger partial charge in [-0.1, -0.05) is 51.0 Å². The van der Waals surface area contributed by atoms with Crippen LogP contribution in [0.3, 0.4) is 0 Å². The van der Waals surface area contributed by atoms with Crippen molar-refractivity contribution in [2.45, 2.75) is 32.6 Å². The first kappa shape index (κ1) is 44.6. The predicted molar refractivity (Wildman–Crippen MR) is 237 cm³/mol. The number of carbonyl (C=O) groups excluding carboxylic acids is 2. The highest BCUT2D eigenvalue weighted by molar-refractivity contribution is 6.07. The Hall–Kier alpha value is -6.99. The van der Waals surface area contributed by atoms with E-state index in [0.29, 0.717) is 103 Å². The minimum Gasteiger partial charge on any atom is -0.497 e. The van der Waals surface area contributed by atoms with Crippen LogP contribution in [0.25, 0.3) is 16.5 Å². The van der Waals surface area contributed by atoms with Crippen LogP contribution in [0, 0.1) is 12.3 Å². The van der Waals surface area contributed by atoms with E-state index in [1.54, 1.807) is 74.7 Å². The summed E-state index contributed by atoms with van der Waals surface area (Å²) in [6, 6.07) is 24.8. The summed E-state index contributed by atoms with van der Waals surface area (Å²) in [5.41, 5.74) is 3.37. The molecule has 6 rings (SSSR count). The van der Waals surface area contributed by atoms with Gasteiger partial charge in [0.15, 0.2) is 0 Å². The smallest absolute Gasteiger partial charge is 0.324 e. The molecular weight excluding hydrogens is 791 g/mol. The molecule has 0 atom stereocenters. The second-order valence-electron chi connectivity index (χ2n) is 15.0. The highest BCUT2D eigenvalue weighted by Gasteiger charge is 2.24. The van der Waals surface area contributed by atoms with Crippen LogP contribution >= 0.6 is 0 Å². The third-order valence-corrected chi connectivity index (χ3v) is 9.48. The fourth-order valence-electron chi connectivity index (χ4n) is 6.35. The average Bonchev–Trinajstić information content (AvgIpc) is 3.70. The van der Waals surface area contributed by atoms with E-state index in [-0.39, 0.29) is 11.3 Å².